The standard InChI is InChI=1S/C21H17FO3/c22-20-10-9-16(12-21(23)24)11-19(20)17-7-4-8-18(13-17)25-14-15-5-2-1-3-6-15/h1-11,13H,12,14H2,(H,23,24). The molecule has 0 saturated carbocycles. The van der Waals surface area contributed by atoms with E-state index in [0.717, 1.165) is 5.56 Å². The maximum atomic E-state index is 14.2. The zero-order valence-electron chi connectivity index (χ0n) is 13.5. The molecule has 3 aromatic carbocycles. The van der Waals surface area contributed by atoms with E-state index in [2.05, 4.69) is 0 Å². The molecule has 3 rings (SSSR count). The number of hydrogen-bond donors (Lipinski definition) is 1. The third kappa shape index (κ3) is 4.44. The van der Waals surface area contributed by atoms with Crippen molar-refractivity contribution in [1.29, 1.82) is 0 Å². The molecule has 0 heterocycles. The number of carboxylic acids is 1. The molecule has 0 fully saturated rings. The lowest BCUT2D eigenvalue weighted by molar-refractivity contribution is -0.136. The Morgan fingerprint density at radius 2 is 1.72 bits per heavy atom. The Hall–Kier alpha value is -3.14. The molecule has 0 amide bonds. The van der Waals surface area contributed by atoms with Crippen molar-refractivity contribution < 1.29 is 19.0 Å². The van der Waals surface area contributed by atoms with Crippen LogP contribution in [-0.4, -0.2) is 11.1 Å². The lowest BCUT2D eigenvalue weighted by Crippen LogP contribution is -2.00. The van der Waals surface area contributed by atoms with Gasteiger partial charge in [-0.2, -0.15) is 0 Å². The number of halogens is 1. The number of benzene rings is 3. The van der Waals surface area contributed by atoms with Gasteiger partial charge < -0.3 is 9.84 Å². The van der Waals surface area contributed by atoms with E-state index in [0.29, 0.717) is 29.0 Å². The summed E-state index contributed by atoms with van der Waals surface area (Å²) in [6.45, 7) is 0.422. The molecule has 3 nitrogen and oxygen atoms in total. The molecular weight excluding hydrogens is 319 g/mol. The Balaban J connectivity index is 1.82. The van der Waals surface area contributed by atoms with Gasteiger partial charge in [-0.25, -0.2) is 4.39 Å². The number of ether oxygens (including phenoxy) is 1. The Labute approximate surface area is 145 Å². The fraction of sp³-hybridized carbons (Fsp3) is 0.0952. The first-order valence-electron chi connectivity index (χ1n) is 7.89. The van der Waals surface area contributed by atoms with E-state index >= 15 is 0 Å². The van der Waals surface area contributed by atoms with Crippen molar-refractivity contribution in [3.63, 3.8) is 0 Å². The lowest BCUT2D eigenvalue weighted by atomic mass is 10.0. The Kier molecular flexibility index (Phi) is 5.09. The van der Waals surface area contributed by atoms with Gasteiger partial charge in [0.25, 0.3) is 0 Å². The summed E-state index contributed by atoms with van der Waals surface area (Å²) in [5.74, 6) is -0.712. The second-order valence-corrected chi connectivity index (χ2v) is 5.69. The van der Waals surface area contributed by atoms with Crippen LogP contribution in [0.25, 0.3) is 11.1 Å². The molecule has 0 aliphatic carbocycles. The molecule has 0 saturated heterocycles. The van der Waals surface area contributed by atoms with Crippen molar-refractivity contribution in [1.82, 2.24) is 0 Å². The maximum absolute atomic E-state index is 14.2. The highest BCUT2D eigenvalue weighted by atomic mass is 19.1. The lowest BCUT2D eigenvalue weighted by Gasteiger charge is -2.10. The van der Waals surface area contributed by atoms with Gasteiger partial charge >= 0.3 is 5.97 Å². The van der Waals surface area contributed by atoms with Crippen molar-refractivity contribution in [3.05, 3.63) is 89.7 Å². The largest absolute Gasteiger partial charge is 0.489 e. The van der Waals surface area contributed by atoms with E-state index in [1.807, 2.05) is 36.4 Å². The molecule has 0 bridgehead atoms. The molecule has 4 heteroatoms. The van der Waals surface area contributed by atoms with Gasteiger partial charge in [-0.15, -0.1) is 0 Å². The summed E-state index contributed by atoms with van der Waals surface area (Å²) >= 11 is 0. The van der Waals surface area contributed by atoms with E-state index in [9.17, 15) is 9.18 Å². The Morgan fingerprint density at radius 3 is 2.48 bits per heavy atom. The van der Waals surface area contributed by atoms with Crippen LogP contribution < -0.4 is 4.74 Å². The van der Waals surface area contributed by atoms with Gasteiger partial charge in [-0.05, 0) is 41.0 Å². The number of aliphatic carboxylic acids is 1. The average molecular weight is 336 g/mol. The van der Waals surface area contributed by atoms with Crippen molar-refractivity contribution in [2.24, 2.45) is 0 Å². The molecule has 0 aromatic heterocycles. The van der Waals surface area contributed by atoms with E-state index < -0.39 is 11.8 Å². The van der Waals surface area contributed by atoms with Gasteiger partial charge in [-0.1, -0.05) is 48.5 Å². The first-order chi connectivity index (χ1) is 12.1. The van der Waals surface area contributed by atoms with Crippen molar-refractivity contribution >= 4 is 5.97 Å². The highest BCUT2D eigenvalue weighted by Crippen LogP contribution is 2.28. The van der Waals surface area contributed by atoms with Crippen LogP contribution in [0, 0.1) is 5.82 Å². The fourth-order valence-corrected chi connectivity index (χ4v) is 2.57. The number of hydrogen-bond acceptors (Lipinski definition) is 2. The first kappa shape index (κ1) is 16.7. The number of carbonyl (C=O) groups is 1. The van der Waals surface area contributed by atoms with E-state index in [4.69, 9.17) is 9.84 Å². The van der Waals surface area contributed by atoms with Crippen LogP contribution in [0.1, 0.15) is 11.1 Å². The van der Waals surface area contributed by atoms with Crippen LogP contribution in [0.15, 0.2) is 72.8 Å². The van der Waals surface area contributed by atoms with E-state index in [1.54, 1.807) is 24.3 Å². The summed E-state index contributed by atoms with van der Waals surface area (Å²) in [7, 11) is 0. The molecule has 3 aromatic rings. The maximum Gasteiger partial charge on any atom is 0.307 e. The molecule has 126 valence electrons. The van der Waals surface area contributed by atoms with Crippen LogP contribution in [-0.2, 0) is 17.8 Å². The first-order valence-corrected chi connectivity index (χ1v) is 7.89. The summed E-state index contributed by atoms with van der Waals surface area (Å²) in [5.41, 5.74) is 2.61. The van der Waals surface area contributed by atoms with Gasteiger partial charge in [0.2, 0.25) is 0 Å². The minimum atomic E-state index is -0.947. The molecular formula is C21H17FO3. The predicted molar refractivity (Wildman–Crippen MR) is 93.9 cm³/mol. The summed E-state index contributed by atoms with van der Waals surface area (Å²) < 4.78 is 20.0. The predicted octanol–water partition coefficient (Wildman–Crippen LogP) is 4.70. The Morgan fingerprint density at radius 1 is 0.920 bits per heavy atom. The molecule has 0 radical (unpaired) electrons. The SMILES string of the molecule is O=C(O)Cc1ccc(F)c(-c2cccc(OCc3ccccc3)c2)c1. The van der Waals surface area contributed by atoms with Crippen LogP contribution in [0.5, 0.6) is 5.75 Å². The summed E-state index contributed by atoms with van der Waals surface area (Å²) in [6.07, 6.45) is -0.141. The molecule has 1 N–H and O–H groups in total. The molecule has 0 atom stereocenters. The monoisotopic (exact) mass is 336 g/mol. The van der Waals surface area contributed by atoms with Crippen molar-refractivity contribution in [2.75, 3.05) is 0 Å². The van der Waals surface area contributed by atoms with E-state index in [-0.39, 0.29) is 6.42 Å². The van der Waals surface area contributed by atoms with E-state index in [1.165, 1.54) is 12.1 Å². The highest BCUT2D eigenvalue weighted by molar-refractivity contribution is 5.72. The minimum absolute atomic E-state index is 0.141. The minimum Gasteiger partial charge on any atom is -0.489 e. The van der Waals surface area contributed by atoms with Gasteiger partial charge in [0.05, 0.1) is 6.42 Å². The third-order valence-electron chi connectivity index (χ3n) is 3.78. The molecule has 0 unspecified atom stereocenters. The normalized spacial score (nSPS) is 10.4. The quantitative estimate of drug-likeness (QED) is 0.710. The summed E-state index contributed by atoms with van der Waals surface area (Å²) in [4.78, 5) is 10.9. The molecule has 0 aliphatic heterocycles. The van der Waals surface area contributed by atoms with Crippen LogP contribution >= 0.6 is 0 Å². The molecule has 25 heavy (non-hydrogen) atoms. The van der Waals surface area contributed by atoms with Gasteiger partial charge in [0, 0.05) is 5.56 Å². The van der Waals surface area contributed by atoms with Gasteiger partial charge in [0.1, 0.15) is 18.2 Å². The second-order valence-electron chi connectivity index (χ2n) is 5.69. The van der Waals surface area contributed by atoms with Crippen LogP contribution in [0.4, 0.5) is 4.39 Å². The summed E-state index contributed by atoms with van der Waals surface area (Å²) in [6, 6.07) is 21.3. The zero-order chi connectivity index (χ0) is 17.6. The smallest absolute Gasteiger partial charge is 0.307 e. The van der Waals surface area contributed by atoms with Crippen LogP contribution in [0.2, 0.25) is 0 Å². The number of carboxylic acid groups (broad SMARTS) is 1. The van der Waals surface area contributed by atoms with Gasteiger partial charge in [0.15, 0.2) is 0 Å². The molecule has 0 aliphatic rings. The third-order valence-corrected chi connectivity index (χ3v) is 3.78. The molecule has 0 spiro atoms. The topological polar surface area (TPSA) is 46.5 Å². The number of rotatable bonds is 6. The van der Waals surface area contributed by atoms with Gasteiger partial charge in [-0.3, -0.25) is 4.79 Å². The van der Waals surface area contributed by atoms with Crippen molar-refractivity contribution in [2.45, 2.75) is 13.0 Å². The Bertz CT molecular complexity index is 875. The zero-order valence-corrected chi connectivity index (χ0v) is 13.5. The highest BCUT2D eigenvalue weighted by Gasteiger charge is 2.09. The fourth-order valence-electron chi connectivity index (χ4n) is 2.57. The average Bonchev–Trinajstić information content (AvgIpc) is 2.62. The van der Waals surface area contributed by atoms with Crippen LogP contribution in [0.3, 0.4) is 0 Å². The van der Waals surface area contributed by atoms with Crippen molar-refractivity contribution in [3.8, 4) is 16.9 Å². The summed E-state index contributed by atoms with van der Waals surface area (Å²) in [5, 5.41) is 8.91. The second kappa shape index (κ2) is 7.62.